The summed E-state index contributed by atoms with van der Waals surface area (Å²) >= 11 is 0. The van der Waals surface area contributed by atoms with Crippen molar-refractivity contribution in [3.05, 3.63) is 65.2 Å². The lowest BCUT2D eigenvalue weighted by Gasteiger charge is -2.34. The third-order valence-corrected chi connectivity index (χ3v) is 7.50. The molecule has 1 fully saturated rings. The van der Waals surface area contributed by atoms with Crippen LogP contribution in [0.15, 0.2) is 53.4 Å². The Bertz CT molecular complexity index is 1010. The molecule has 8 heteroatoms. The Balaban J connectivity index is 1.52. The molecule has 0 atom stereocenters. The van der Waals surface area contributed by atoms with Gasteiger partial charge in [-0.15, -0.1) is 0 Å². The number of nitrogens with two attached hydrogens (primary N) is 1. The lowest BCUT2D eigenvalue weighted by molar-refractivity contribution is -0.132. The van der Waals surface area contributed by atoms with Gasteiger partial charge in [-0.1, -0.05) is 49.7 Å². The number of amidine groups is 1. The fraction of sp³-hybridized carbons (Fsp3) is 0.391. The summed E-state index contributed by atoms with van der Waals surface area (Å²) in [7, 11) is -3.54. The quantitative estimate of drug-likeness (QED) is 0.483. The summed E-state index contributed by atoms with van der Waals surface area (Å²) in [6.07, 6.45) is 2.92. The van der Waals surface area contributed by atoms with Crippen molar-refractivity contribution in [2.24, 2.45) is 5.73 Å². The Kier molecular flexibility index (Phi) is 7.46. The van der Waals surface area contributed by atoms with Crippen LogP contribution >= 0.6 is 0 Å². The number of sulfonamides is 1. The minimum absolute atomic E-state index is 0.0207. The van der Waals surface area contributed by atoms with Gasteiger partial charge in [0.25, 0.3) is 0 Å². The monoisotopic (exact) mass is 442 g/mol. The lowest BCUT2D eigenvalue weighted by Crippen LogP contribution is -2.50. The van der Waals surface area contributed by atoms with Crippen molar-refractivity contribution in [3.8, 4) is 0 Å². The van der Waals surface area contributed by atoms with Gasteiger partial charge in [-0.3, -0.25) is 10.2 Å². The maximum atomic E-state index is 12.9. The predicted octanol–water partition coefficient (Wildman–Crippen LogP) is 2.39. The molecule has 1 amide bonds. The molecule has 0 bridgehead atoms. The number of nitrogen functional groups attached to an aromatic ring is 1. The van der Waals surface area contributed by atoms with E-state index in [4.69, 9.17) is 11.1 Å². The van der Waals surface area contributed by atoms with Crippen molar-refractivity contribution < 1.29 is 13.2 Å². The molecule has 1 aliphatic heterocycles. The van der Waals surface area contributed by atoms with E-state index in [0.717, 1.165) is 24.0 Å². The summed E-state index contributed by atoms with van der Waals surface area (Å²) in [6.45, 7) is 3.50. The van der Waals surface area contributed by atoms with E-state index in [2.05, 4.69) is 6.92 Å². The molecule has 1 aliphatic rings. The van der Waals surface area contributed by atoms with Crippen molar-refractivity contribution in [3.63, 3.8) is 0 Å². The van der Waals surface area contributed by atoms with E-state index in [-0.39, 0.29) is 11.7 Å². The van der Waals surface area contributed by atoms with Crippen LogP contribution < -0.4 is 5.73 Å². The van der Waals surface area contributed by atoms with Gasteiger partial charge in [-0.2, -0.15) is 4.31 Å². The highest BCUT2D eigenvalue weighted by atomic mass is 32.2. The summed E-state index contributed by atoms with van der Waals surface area (Å²) in [5.74, 6) is 0.0453. The van der Waals surface area contributed by atoms with E-state index in [1.54, 1.807) is 29.2 Å². The molecule has 2 aromatic carbocycles. The largest absolute Gasteiger partial charge is 0.384 e. The average Bonchev–Trinajstić information content (AvgIpc) is 2.78. The molecule has 0 radical (unpaired) electrons. The van der Waals surface area contributed by atoms with Crippen molar-refractivity contribution in [2.45, 2.75) is 37.5 Å². The summed E-state index contributed by atoms with van der Waals surface area (Å²) in [5, 5.41) is 7.42. The van der Waals surface area contributed by atoms with Crippen LogP contribution in [0.1, 0.15) is 36.5 Å². The average molecular weight is 443 g/mol. The zero-order valence-electron chi connectivity index (χ0n) is 17.9. The molecule has 0 aromatic heterocycles. The molecule has 0 saturated carbocycles. The molecule has 2 aromatic rings. The first-order valence-corrected chi connectivity index (χ1v) is 12.1. The van der Waals surface area contributed by atoms with Crippen LogP contribution in [-0.4, -0.2) is 55.5 Å². The molecule has 3 rings (SSSR count). The third kappa shape index (κ3) is 5.71. The number of amides is 1. The molecule has 0 spiro atoms. The molecule has 0 aliphatic carbocycles. The first-order valence-electron chi connectivity index (χ1n) is 10.6. The SMILES string of the molecule is CCCc1ccc(S(=O)(=O)N2CCN(C(=O)CCc3ccc(C(=N)N)cc3)CC2)cc1. The highest BCUT2D eigenvalue weighted by molar-refractivity contribution is 7.89. The highest BCUT2D eigenvalue weighted by Gasteiger charge is 2.29. The Labute approximate surface area is 184 Å². The van der Waals surface area contributed by atoms with Crippen LogP contribution in [0.4, 0.5) is 0 Å². The number of hydrogen-bond donors (Lipinski definition) is 2. The molecule has 0 unspecified atom stereocenters. The van der Waals surface area contributed by atoms with E-state index in [9.17, 15) is 13.2 Å². The van der Waals surface area contributed by atoms with Gasteiger partial charge in [0.1, 0.15) is 5.84 Å². The molecule has 1 saturated heterocycles. The summed E-state index contributed by atoms with van der Waals surface area (Å²) in [6, 6.07) is 14.4. The van der Waals surface area contributed by atoms with Crippen molar-refractivity contribution in [2.75, 3.05) is 26.2 Å². The number of nitrogens with zero attached hydrogens (tertiary/aromatic N) is 2. The lowest BCUT2D eigenvalue weighted by atomic mass is 10.1. The number of piperazine rings is 1. The van der Waals surface area contributed by atoms with Gasteiger partial charge in [-0.25, -0.2) is 8.42 Å². The topological polar surface area (TPSA) is 108 Å². The van der Waals surface area contributed by atoms with Gasteiger partial charge in [0.05, 0.1) is 4.90 Å². The van der Waals surface area contributed by atoms with Gasteiger partial charge >= 0.3 is 0 Å². The van der Waals surface area contributed by atoms with Gasteiger partial charge in [-0.05, 0) is 36.1 Å². The summed E-state index contributed by atoms with van der Waals surface area (Å²) < 4.78 is 27.3. The van der Waals surface area contributed by atoms with Crippen LogP contribution in [0, 0.1) is 5.41 Å². The molecule has 3 N–H and O–H groups in total. The first kappa shape index (κ1) is 23.0. The molecule has 1 heterocycles. The van der Waals surface area contributed by atoms with Crippen molar-refractivity contribution in [1.82, 2.24) is 9.21 Å². The Hall–Kier alpha value is -2.71. The van der Waals surface area contributed by atoms with E-state index >= 15 is 0 Å². The number of hydrogen-bond acceptors (Lipinski definition) is 4. The van der Waals surface area contributed by atoms with Gasteiger partial charge in [0, 0.05) is 38.2 Å². The van der Waals surface area contributed by atoms with Crippen LogP contribution in [0.25, 0.3) is 0 Å². The number of aryl methyl sites for hydroxylation is 2. The predicted molar refractivity (Wildman–Crippen MR) is 122 cm³/mol. The van der Waals surface area contributed by atoms with Gasteiger partial charge in [0.15, 0.2) is 0 Å². The number of carbonyl (C=O) groups excluding carboxylic acids is 1. The van der Waals surface area contributed by atoms with Crippen LogP contribution in [0.3, 0.4) is 0 Å². The molecular weight excluding hydrogens is 412 g/mol. The molecule has 7 nitrogen and oxygen atoms in total. The maximum absolute atomic E-state index is 12.9. The standard InChI is InChI=1S/C23H30N4O3S/c1-2-3-18-6-11-21(12-7-18)31(29,30)27-16-14-26(15-17-27)22(28)13-8-19-4-9-20(10-5-19)23(24)25/h4-7,9-12H,2-3,8,13-17H2,1H3,(H3,24,25). The first-order chi connectivity index (χ1) is 14.8. The van der Waals surface area contributed by atoms with Crippen LogP contribution in [-0.2, 0) is 27.7 Å². The smallest absolute Gasteiger partial charge is 0.243 e. The number of nitrogens with one attached hydrogen (secondary N) is 1. The second kappa shape index (κ2) is 10.1. The Morgan fingerprint density at radius 2 is 1.48 bits per heavy atom. The Morgan fingerprint density at radius 3 is 2.03 bits per heavy atom. The van der Waals surface area contributed by atoms with E-state index in [1.807, 2.05) is 24.3 Å². The van der Waals surface area contributed by atoms with Gasteiger partial charge < -0.3 is 10.6 Å². The number of benzene rings is 2. The van der Waals surface area contributed by atoms with Crippen molar-refractivity contribution >= 4 is 21.8 Å². The Morgan fingerprint density at radius 1 is 0.935 bits per heavy atom. The fourth-order valence-corrected chi connectivity index (χ4v) is 5.13. The molecule has 166 valence electrons. The molecule has 31 heavy (non-hydrogen) atoms. The summed E-state index contributed by atoms with van der Waals surface area (Å²) in [5.41, 5.74) is 8.25. The zero-order valence-corrected chi connectivity index (χ0v) is 18.7. The summed E-state index contributed by atoms with van der Waals surface area (Å²) in [4.78, 5) is 14.6. The molecular formula is C23H30N4O3S. The van der Waals surface area contributed by atoms with E-state index < -0.39 is 10.0 Å². The minimum atomic E-state index is -3.54. The minimum Gasteiger partial charge on any atom is -0.384 e. The van der Waals surface area contributed by atoms with E-state index in [0.29, 0.717) is 49.5 Å². The third-order valence-electron chi connectivity index (χ3n) is 5.58. The fourth-order valence-electron chi connectivity index (χ4n) is 3.70. The number of carbonyl (C=O) groups is 1. The van der Waals surface area contributed by atoms with Gasteiger partial charge in [0.2, 0.25) is 15.9 Å². The number of rotatable bonds is 8. The van der Waals surface area contributed by atoms with Crippen LogP contribution in [0.2, 0.25) is 0 Å². The zero-order chi connectivity index (χ0) is 22.4. The normalized spacial score (nSPS) is 15.1. The van der Waals surface area contributed by atoms with Crippen molar-refractivity contribution in [1.29, 1.82) is 5.41 Å². The van der Waals surface area contributed by atoms with Crippen LogP contribution in [0.5, 0.6) is 0 Å². The second-order valence-electron chi connectivity index (χ2n) is 7.79. The van der Waals surface area contributed by atoms with E-state index in [1.165, 1.54) is 4.31 Å². The maximum Gasteiger partial charge on any atom is 0.243 e. The second-order valence-corrected chi connectivity index (χ2v) is 9.73. The highest BCUT2D eigenvalue weighted by Crippen LogP contribution is 2.19.